The van der Waals surface area contributed by atoms with Gasteiger partial charge in [0.05, 0.1) is 27.8 Å². The van der Waals surface area contributed by atoms with Gasteiger partial charge in [0.1, 0.15) is 0 Å². The maximum absolute atomic E-state index is 2.49. The summed E-state index contributed by atoms with van der Waals surface area (Å²) in [6.45, 7) is 0. The van der Waals surface area contributed by atoms with Gasteiger partial charge in [-0.05, 0) is 123 Å². The highest BCUT2D eigenvalue weighted by atomic mass is 32.1. The predicted octanol–water partition coefficient (Wildman–Crippen LogP) is 18.6. The van der Waals surface area contributed by atoms with Crippen LogP contribution in [0.3, 0.4) is 0 Å². The van der Waals surface area contributed by atoms with Gasteiger partial charge in [0.15, 0.2) is 0 Å². The molecule has 0 atom stereocenters. The van der Waals surface area contributed by atoms with E-state index in [0.717, 1.165) is 11.4 Å². The van der Waals surface area contributed by atoms with Crippen molar-refractivity contribution >= 4 is 75.1 Å². The molecule has 69 heavy (non-hydrogen) atoms. The molecule has 3 aromatic heterocycles. The quantitative estimate of drug-likeness (QED) is 0.151. The molecule has 0 amide bonds. The summed E-state index contributed by atoms with van der Waals surface area (Å²) in [6, 6.07) is 93.8. The van der Waals surface area contributed by atoms with Gasteiger partial charge in [-0.3, -0.25) is 0 Å². The monoisotopic (exact) mass is 894 g/mol. The van der Waals surface area contributed by atoms with E-state index in [1.807, 2.05) is 11.3 Å². The van der Waals surface area contributed by atoms with Crippen LogP contribution in [0.2, 0.25) is 0 Å². The lowest BCUT2D eigenvalue weighted by molar-refractivity contribution is 1.18. The fraction of sp³-hybridized carbons (Fsp3) is 0. The fourth-order valence-corrected chi connectivity index (χ4v) is 12.0. The lowest BCUT2D eigenvalue weighted by atomic mass is 9.96. The van der Waals surface area contributed by atoms with Crippen LogP contribution in [0.4, 0.5) is 0 Å². The van der Waals surface area contributed by atoms with Gasteiger partial charge >= 0.3 is 0 Å². The average Bonchev–Trinajstić information content (AvgIpc) is 4.08. The van der Waals surface area contributed by atoms with Crippen molar-refractivity contribution in [1.29, 1.82) is 0 Å². The van der Waals surface area contributed by atoms with Crippen molar-refractivity contribution in [2.75, 3.05) is 0 Å². The molecule has 3 heteroatoms. The average molecular weight is 895 g/mol. The summed E-state index contributed by atoms with van der Waals surface area (Å²) < 4.78 is 7.56. The Morgan fingerprint density at radius 3 is 1.48 bits per heavy atom. The smallest absolute Gasteiger partial charge is 0.0547 e. The van der Waals surface area contributed by atoms with Gasteiger partial charge in [0.2, 0.25) is 0 Å². The third kappa shape index (κ3) is 6.47. The zero-order chi connectivity index (χ0) is 45.4. The molecule has 322 valence electrons. The lowest BCUT2D eigenvalue weighted by Crippen LogP contribution is -1.98. The number of fused-ring (bicyclic) bond motifs is 9. The molecule has 0 bridgehead atoms. The van der Waals surface area contributed by atoms with Crippen molar-refractivity contribution < 1.29 is 0 Å². The second-order valence-corrected chi connectivity index (χ2v) is 19.1. The first-order chi connectivity index (χ1) is 34.2. The Morgan fingerprint density at radius 1 is 0.246 bits per heavy atom. The molecular formula is C66H42N2S. The van der Waals surface area contributed by atoms with E-state index in [4.69, 9.17) is 0 Å². The second-order valence-electron chi connectivity index (χ2n) is 18.0. The number of nitrogens with zero attached hydrogens (tertiary/aromatic N) is 2. The van der Waals surface area contributed by atoms with Crippen LogP contribution in [0, 0.1) is 0 Å². The first-order valence-corrected chi connectivity index (χ1v) is 24.5. The Labute approximate surface area is 403 Å². The highest BCUT2D eigenvalue weighted by Crippen LogP contribution is 2.44. The van der Waals surface area contributed by atoms with Gasteiger partial charge in [-0.2, -0.15) is 0 Å². The van der Waals surface area contributed by atoms with Crippen LogP contribution in [0.1, 0.15) is 0 Å². The Kier molecular flexibility index (Phi) is 9.11. The van der Waals surface area contributed by atoms with E-state index in [0.29, 0.717) is 0 Å². The maximum Gasteiger partial charge on any atom is 0.0547 e. The molecule has 0 N–H and O–H groups in total. The standard InChI is InChI=1S/C66H42N2S/c1-4-15-43(16-5-1)44-27-33-51(34-28-44)67-61-37-31-48(41-58(61)66-53(23-14-25-62(66)67)46-19-8-3-9-20-46)47-30-36-60-56(39-47)54-21-10-12-24-59(54)68(60)63-42-50(29-35-52(63)45-17-6-2-7-18-45)49-32-38-65-57(40-49)55-22-11-13-26-64(55)69-65/h1-42H. The van der Waals surface area contributed by atoms with Crippen molar-refractivity contribution in [3.05, 3.63) is 255 Å². The van der Waals surface area contributed by atoms with Crippen LogP contribution in [0.5, 0.6) is 0 Å². The molecule has 0 radical (unpaired) electrons. The maximum atomic E-state index is 2.49. The molecule has 0 aliphatic carbocycles. The SMILES string of the molecule is c1ccc(-c2ccc(-n3c4ccc(-c5ccc6c(c5)c5ccccc5n6-c5cc(-c6ccc7sc8ccccc8c7c6)ccc5-c5ccccc5)cc4c4c(-c5ccccc5)cccc43)cc2)cc1. The zero-order valence-electron chi connectivity index (χ0n) is 37.6. The Morgan fingerprint density at radius 2 is 0.739 bits per heavy atom. The van der Waals surface area contributed by atoms with E-state index in [1.54, 1.807) is 0 Å². The van der Waals surface area contributed by atoms with Crippen LogP contribution < -0.4 is 0 Å². The van der Waals surface area contributed by atoms with Crippen molar-refractivity contribution in [3.63, 3.8) is 0 Å². The Bertz CT molecular complexity index is 4270. The highest BCUT2D eigenvalue weighted by molar-refractivity contribution is 7.25. The molecule has 0 saturated heterocycles. The first kappa shape index (κ1) is 39.4. The van der Waals surface area contributed by atoms with Gasteiger partial charge in [-0.25, -0.2) is 0 Å². The highest BCUT2D eigenvalue weighted by Gasteiger charge is 2.21. The van der Waals surface area contributed by atoms with Crippen LogP contribution in [-0.4, -0.2) is 9.13 Å². The summed E-state index contributed by atoms with van der Waals surface area (Å²) in [6.07, 6.45) is 0. The molecule has 0 fully saturated rings. The molecule has 3 heterocycles. The number of hydrogen-bond donors (Lipinski definition) is 0. The van der Waals surface area contributed by atoms with E-state index in [2.05, 4.69) is 264 Å². The number of rotatable bonds is 7. The molecule has 0 spiro atoms. The number of para-hydroxylation sites is 1. The minimum atomic E-state index is 1.14. The third-order valence-electron chi connectivity index (χ3n) is 14.1. The summed E-state index contributed by atoms with van der Waals surface area (Å²) in [5.74, 6) is 0. The fourth-order valence-electron chi connectivity index (χ4n) is 10.9. The van der Waals surface area contributed by atoms with Crippen molar-refractivity contribution in [2.24, 2.45) is 0 Å². The van der Waals surface area contributed by atoms with E-state index in [9.17, 15) is 0 Å². The van der Waals surface area contributed by atoms with E-state index >= 15 is 0 Å². The number of benzene rings is 11. The predicted molar refractivity (Wildman–Crippen MR) is 295 cm³/mol. The largest absolute Gasteiger partial charge is 0.309 e. The minimum Gasteiger partial charge on any atom is -0.309 e. The summed E-state index contributed by atoms with van der Waals surface area (Å²) in [4.78, 5) is 0. The Balaban J connectivity index is 0.950. The normalized spacial score (nSPS) is 11.8. The molecule has 0 saturated carbocycles. The summed E-state index contributed by atoms with van der Waals surface area (Å²) in [5.41, 5.74) is 19.1. The Hall–Kier alpha value is -8.76. The molecular weight excluding hydrogens is 853 g/mol. The van der Waals surface area contributed by atoms with Crippen molar-refractivity contribution in [3.8, 4) is 67.0 Å². The van der Waals surface area contributed by atoms with E-state index in [-0.39, 0.29) is 0 Å². The molecule has 14 rings (SSSR count). The minimum absolute atomic E-state index is 1.14. The van der Waals surface area contributed by atoms with Gasteiger partial charge in [0.25, 0.3) is 0 Å². The zero-order valence-corrected chi connectivity index (χ0v) is 38.4. The molecule has 0 aliphatic heterocycles. The molecule has 0 aliphatic rings. The van der Waals surface area contributed by atoms with Gasteiger partial charge < -0.3 is 9.13 Å². The van der Waals surface area contributed by atoms with Crippen molar-refractivity contribution in [2.45, 2.75) is 0 Å². The van der Waals surface area contributed by atoms with Crippen LogP contribution in [0.25, 0.3) is 131 Å². The van der Waals surface area contributed by atoms with Crippen LogP contribution in [0.15, 0.2) is 255 Å². The van der Waals surface area contributed by atoms with Gasteiger partial charge in [-0.15, -0.1) is 11.3 Å². The van der Waals surface area contributed by atoms with Crippen molar-refractivity contribution in [1.82, 2.24) is 9.13 Å². The number of hydrogen-bond acceptors (Lipinski definition) is 1. The summed E-state index contributed by atoms with van der Waals surface area (Å²) in [7, 11) is 0. The van der Waals surface area contributed by atoms with Gasteiger partial charge in [-0.1, -0.05) is 182 Å². The lowest BCUT2D eigenvalue weighted by Gasteiger charge is -2.16. The molecule has 11 aromatic carbocycles. The topological polar surface area (TPSA) is 9.86 Å². The molecule has 0 unspecified atom stereocenters. The summed E-state index contributed by atoms with van der Waals surface area (Å²) in [5, 5.41) is 7.56. The van der Waals surface area contributed by atoms with Crippen LogP contribution in [-0.2, 0) is 0 Å². The molecule has 2 nitrogen and oxygen atoms in total. The van der Waals surface area contributed by atoms with E-state index in [1.165, 1.54) is 119 Å². The third-order valence-corrected chi connectivity index (χ3v) is 15.3. The first-order valence-electron chi connectivity index (χ1n) is 23.7. The van der Waals surface area contributed by atoms with Crippen LogP contribution >= 0.6 is 11.3 Å². The van der Waals surface area contributed by atoms with E-state index < -0.39 is 0 Å². The number of thiophene rings is 1. The molecule has 14 aromatic rings. The second kappa shape index (κ2) is 16.0. The van der Waals surface area contributed by atoms with Gasteiger partial charge in [0, 0.05) is 53.0 Å². The number of aromatic nitrogens is 2. The summed E-state index contributed by atoms with van der Waals surface area (Å²) >= 11 is 1.86.